The van der Waals surface area contributed by atoms with Crippen molar-refractivity contribution in [2.75, 3.05) is 13.1 Å². The van der Waals surface area contributed by atoms with E-state index in [1.54, 1.807) is 6.20 Å². The second kappa shape index (κ2) is 5.02. The second-order valence-corrected chi connectivity index (χ2v) is 4.99. The van der Waals surface area contributed by atoms with Gasteiger partial charge in [-0.05, 0) is 24.5 Å². The van der Waals surface area contributed by atoms with E-state index in [1.165, 1.54) is 12.3 Å². The molecule has 1 saturated heterocycles. The van der Waals surface area contributed by atoms with Crippen molar-refractivity contribution in [1.29, 1.82) is 0 Å². The number of carboxylic acid groups (broad SMARTS) is 1. The second-order valence-electron chi connectivity index (χ2n) is 4.99. The Bertz CT molecular complexity index is 452. The molecule has 98 valence electrons. The molecule has 1 aromatic heterocycles. The van der Waals surface area contributed by atoms with Gasteiger partial charge in [0.2, 0.25) is 0 Å². The van der Waals surface area contributed by atoms with Crippen molar-refractivity contribution in [1.82, 2.24) is 9.88 Å². The Labute approximate surface area is 105 Å². The Morgan fingerprint density at radius 2 is 2.28 bits per heavy atom. The number of hydrogen-bond donors (Lipinski definition) is 1. The van der Waals surface area contributed by atoms with Gasteiger partial charge in [-0.3, -0.25) is 14.7 Å². The van der Waals surface area contributed by atoms with Crippen molar-refractivity contribution in [2.24, 2.45) is 11.8 Å². The van der Waals surface area contributed by atoms with Gasteiger partial charge in [0.25, 0.3) is 0 Å². The van der Waals surface area contributed by atoms with Gasteiger partial charge in [0.1, 0.15) is 5.82 Å². The van der Waals surface area contributed by atoms with Crippen LogP contribution in [0.3, 0.4) is 0 Å². The zero-order chi connectivity index (χ0) is 13.3. The lowest BCUT2D eigenvalue weighted by Gasteiger charge is -2.24. The Balaban J connectivity index is 2.11. The zero-order valence-corrected chi connectivity index (χ0v) is 10.5. The zero-order valence-electron chi connectivity index (χ0n) is 10.5. The summed E-state index contributed by atoms with van der Waals surface area (Å²) in [6.07, 6.45) is 2.80. The number of nitrogens with zero attached hydrogens (tertiary/aromatic N) is 2. The smallest absolute Gasteiger partial charge is 0.308 e. The van der Waals surface area contributed by atoms with Gasteiger partial charge in [-0.2, -0.15) is 0 Å². The van der Waals surface area contributed by atoms with Gasteiger partial charge in [0, 0.05) is 25.3 Å². The van der Waals surface area contributed by atoms with Crippen LogP contribution in [0.2, 0.25) is 0 Å². The minimum Gasteiger partial charge on any atom is -0.481 e. The molecule has 4 nitrogen and oxygen atoms in total. The summed E-state index contributed by atoms with van der Waals surface area (Å²) in [5, 5.41) is 9.10. The summed E-state index contributed by atoms with van der Waals surface area (Å²) in [6, 6.07) is 1.44. The average Bonchev–Trinajstić information content (AvgIpc) is 2.70. The van der Waals surface area contributed by atoms with Crippen LogP contribution in [0.15, 0.2) is 18.5 Å². The Morgan fingerprint density at radius 1 is 1.56 bits per heavy atom. The maximum Gasteiger partial charge on any atom is 0.308 e. The topological polar surface area (TPSA) is 53.4 Å². The number of carboxylic acids is 1. The molecule has 1 fully saturated rings. The van der Waals surface area contributed by atoms with E-state index >= 15 is 0 Å². The van der Waals surface area contributed by atoms with Crippen LogP contribution < -0.4 is 0 Å². The number of hydrogen-bond acceptors (Lipinski definition) is 3. The van der Waals surface area contributed by atoms with E-state index in [9.17, 15) is 9.18 Å². The van der Waals surface area contributed by atoms with Crippen LogP contribution in [-0.4, -0.2) is 34.0 Å². The summed E-state index contributed by atoms with van der Waals surface area (Å²) in [7, 11) is 0. The summed E-state index contributed by atoms with van der Waals surface area (Å²) < 4.78 is 13.1. The molecule has 5 heteroatoms. The standard InChI is InChI=1S/C13H17FN2O2/c1-8-6-16(7-12(8)13(17)18)9(2)10-3-11(14)5-15-4-10/h3-5,8-9,12H,6-7H2,1-2H3,(H,17,18)/t8-,9?,12-/m1/s1. The van der Waals surface area contributed by atoms with E-state index in [4.69, 9.17) is 5.11 Å². The van der Waals surface area contributed by atoms with Crippen molar-refractivity contribution in [3.8, 4) is 0 Å². The van der Waals surface area contributed by atoms with E-state index in [0.29, 0.717) is 13.1 Å². The molecule has 1 unspecified atom stereocenters. The van der Waals surface area contributed by atoms with Crippen molar-refractivity contribution in [3.63, 3.8) is 0 Å². The third-order valence-electron chi connectivity index (χ3n) is 3.71. The number of rotatable bonds is 3. The van der Waals surface area contributed by atoms with Gasteiger partial charge < -0.3 is 5.11 Å². The molecule has 0 saturated carbocycles. The third kappa shape index (κ3) is 2.51. The van der Waals surface area contributed by atoms with Crippen molar-refractivity contribution < 1.29 is 14.3 Å². The molecule has 0 spiro atoms. The van der Waals surface area contributed by atoms with E-state index < -0.39 is 5.97 Å². The van der Waals surface area contributed by atoms with Crippen LogP contribution in [0.1, 0.15) is 25.5 Å². The Morgan fingerprint density at radius 3 is 2.83 bits per heavy atom. The molecule has 1 aliphatic heterocycles. The molecule has 0 aromatic carbocycles. The molecule has 0 radical (unpaired) electrons. The average molecular weight is 252 g/mol. The summed E-state index contributed by atoms with van der Waals surface area (Å²) in [5.74, 6) is -1.34. The van der Waals surface area contributed by atoms with Gasteiger partial charge in [-0.15, -0.1) is 0 Å². The van der Waals surface area contributed by atoms with Gasteiger partial charge in [0.15, 0.2) is 0 Å². The molecule has 1 aromatic rings. The molecule has 18 heavy (non-hydrogen) atoms. The van der Waals surface area contributed by atoms with Crippen LogP contribution in [-0.2, 0) is 4.79 Å². The highest BCUT2D eigenvalue weighted by atomic mass is 19.1. The van der Waals surface area contributed by atoms with Crippen molar-refractivity contribution in [3.05, 3.63) is 29.8 Å². The fourth-order valence-electron chi connectivity index (χ4n) is 2.51. The molecule has 2 heterocycles. The van der Waals surface area contributed by atoms with E-state index in [1.807, 2.05) is 13.8 Å². The van der Waals surface area contributed by atoms with Gasteiger partial charge >= 0.3 is 5.97 Å². The SMILES string of the molecule is CC(c1cncc(F)c1)N1C[C@@H](C)[C@H](C(=O)O)C1. The number of likely N-dealkylation sites (tertiary alicyclic amines) is 1. The molecule has 1 aliphatic rings. The lowest BCUT2D eigenvalue weighted by atomic mass is 9.99. The first-order valence-electron chi connectivity index (χ1n) is 6.06. The minimum absolute atomic E-state index is 0.0139. The molecule has 0 aliphatic carbocycles. The molecule has 1 N–H and O–H groups in total. The van der Waals surface area contributed by atoms with Crippen LogP contribution in [0.4, 0.5) is 4.39 Å². The highest BCUT2D eigenvalue weighted by Crippen LogP contribution is 2.30. The molecule has 0 bridgehead atoms. The minimum atomic E-state index is -0.755. The van der Waals surface area contributed by atoms with Crippen molar-refractivity contribution in [2.45, 2.75) is 19.9 Å². The number of aliphatic carboxylic acids is 1. The molecule has 3 atom stereocenters. The van der Waals surface area contributed by atoms with Gasteiger partial charge in [0.05, 0.1) is 12.1 Å². The Kier molecular flexibility index (Phi) is 3.61. The predicted octanol–water partition coefficient (Wildman–Crippen LogP) is 1.93. The number of aromatic nitrogens is 1. The first-order chi connectivity index (χ1) is 8.49. The summed E-state index contributed by atoms with van der Waals surface area (Å²) in [5.41, 5.74) is 0.785. The fraction of sp³-hybridized carbons (Fsp3) is 0.538. The normalized spacial score (nSPS) is 26.2. The first-order valence-corrected chi connectivity index (χ1v) is 6.06. The number of carbonyl (C=O) groups is 1. The Hall–Kier alpha value is -1.49. The van der Waals surface area contributed by atoms with E-state index in [2.05, 4.69) is 9.88 Å². The van der Waals surface area contributed by atoms with E-state index in [0.717, 1.165) is 5.56 Å². The summed E-state index contributed by atoms with van der Waals surface area (Å²) in [4.78, 5) is 17.0. The molecular weight excluding hydrogens is 235 g/mol. The maximum absolute atomic E-state index is 13.1. The number of halogens is 1. The first kappa shape index (κ1) is 13.0. The third-order valence-corrected chi connectivity index (χ3v) is 3.71. The van der Waals surface area contributed by atoms with Crippen LogP contribution in [0.25, 0.3) is 0 Å². The van der Waals surface area contributed by atoms with Crippen molar-refractivity contribution >= 4 is 5.97 Å². The maximum atomic E-state index is 13.1. The monoisotopic (exact) mass is 252 g/mol. The van der Waals surface area contributed by atoms with Crippen LogP contribution in [0, 0.1) is 17.7 Å². The highest BCUT2D eigenvalue weighted by molar-refractivity contribution is 5.71. The van der Waals surface area contributed by atoms with E-state index in [-0.39, 0.29) is 23.7 Å². The van der Waals surface area contributed by atoms with Crippen LogP contribution >= 0.6 is 0 Å². The quantitative estimate of drug-likeness (QED) is 0.893. The molecule has 2 rings (SSSR count). The lowest BCUT2D eigenvalue weighted by Crippen LogP contribution is -2.26. The highest BCUT2D eigenvalue weighted by Gasteiger charge is 2.36. The van der Waals surface area contributed by atoms with Crippen LogP contribution in [0.5, 0.6) is 0 Å². The number of pyridine rings is 1. The molecule has 0 amide bonds. The van der Waals surface area contributed by atoms with Gasteiger partial charge in [-0.1, -0.05) is 6.92 Å². The summed E-state index contributed by atoms with van der Waals surface area (Å²) >= 11 is 0. The lowest BCUT2D eigenvalue weighted by molar-refractivity contribution is -0.142. The predicted molar refractivity (Wildman–Crippen MR) is 64.5 cm³/mol. The van der Waals surface area contributed by atoms with Gasteiger partial charge in [-0.25, -0.2) is 4.39 Å². The summed E-state index contributed by atoms with van der Waals surface area (Å²) in [6.45, 7) is 5.12. The largest absolute Gasteiger partial charge is 0.481 e. The molecular formula is C13H17FN2O2. The fourth-order valence-corrected chi connectivity index (χ4v) is 2.51.